The molecular weight excluding hydrogens is 231 g/mol. The Morgan fingerprint density at radius 1 is 1.47 bits per heavy atom. The quantitative estimate of drug-likeness (QED) is 0.360. The van der Waals surface area contributed by atoms with Crippen LogP contribution in [0.5, 0.6) is 0 Å². The van der Waals surface area contributed by atoms with E-state index in [1.54, 1.807) is 6.92 Å². The van der Waals surface area contributed by atoms with Gasteiger partial charge >= 0.3 is 12.1 Å². The summed E-state index contributed by atoms with van der Waals surface area (Å²) in [6, 6.07) is 3.41. The van der Waals surface area contributed by atoms with Crippen LogP contribution in [-0.4, -0.2) is 18.7 Å². The summed E-state index contributed by atoms with van der Waals surface area (Å²) >= 11 is 0. The molecule has 0 radical (unpaired) electrons. The molecular formula is C10H11FN2O4. The second kappa shape index (κ2) is 5.80. The molecule has 7 heteroatoms. The van der Waals surface area contributed by atoms with Crippen molar-refractivity contribution in [3.63, 3.8) is 0 Å². The van der Waals surface area contributed by atoms with Crippen LogP contribution in [0.15, 0.2) is 18.2 Å². The van der Waals surface area contributed by atoms with Gasteiger partial charge in [0.25, 0.3) is 0 Å². The summed E-state index contributed by atoms with van der Waals surface area (Å²) in [5.41, 5.74) is 2.01. The minimum atomic E-state index is -1.13. The first kappa shape index (κ1) is 12.9. The third-order valence-corrected chi connectivity index (χ3v) is 1.80. The number of hydrogen-bond donors (Lipinski definition) is 2. The maximum Gasteiger partial charge on any atom is 0.516 e. The SMILES string of the molecule is CCOC(=O)OC(=O)c1ccc(NN)c(F)c1. The predicted octanol–water partition coefficient (Wildman–Crippen LogP) is 1.42. The molecule has 0 aliphatic carbocycles. The Bertz CT molecular complexity index is 436. The van der Waals surface area contributed by atoms with Gasteiger partial charge in [0.15, 0.2) is 0 Å². The number of hydrogen-bond acceptors (Lipinski definition) is 6. The van der Waals surface area contributed by atoms with Crippen LogP contribution in [-0.2, 0) is 9.47 Å². The minimum absolute atomic E-state index is 0.0256. The Morgan fingerprint density at radius 2 is 2.18 bits per heavy atom. The molecule has 0 spiro atoms. The lowest BCUT2D eigenvalue weighted by Crippen LogP contribution is -2.15. The van der Waals surface area contributed by atoms with Gasteiger partial charge in [0, 0.05) is 0 Å². The molecule has 0 saturated carbocycles. The van der Waals surface area contributed by atoms with Crippen LogP contribution >= 0.6 is 0 Å². The summed E-state index contributed by atoms with van der Waals surface area (Å²) in [6.07, 6.45) is -1.13. The zero-order valence-corrected chi connectivity index (χ0v) is 9.03. The minimum Gasteiger partial charge on any atom is -0.434 e. The van der Waals surface area contributed by atoms with E-state index in [-0.39, 0.29) is 17.9 Å². The first-order chi connectivity index (χ1) is 8.08. The molecule has 0 amide bonds. The molecule has 0 heterocycles. The number of halogens is 1. The molecule has 0 atom stereocenters. The number of hydrazine groups is 1. The summed E-state index contributed by atoms with van der Waals surface area (Å²) in [5, 5.41) is 0. The predicted molar refractivity (Wildman–Crippen MR) is 56.6 cm³/mol. The molecule has 3 N–H and O–H groups in total. The Hall–Kier alpha value is -2.15. The van der Waals surface area contributed by atoms with E-state index in [2.05, 4.69) is 14.9 Å². The van der Waals surface area contributed by atoms with Crippen LogP contribution in [0.2, 0.25) is 0 Å². The third-order valence-electron chi connectivity index (χ3n) is 1.80. The number of carbonyl (C=O) groups is 2. The number of anilines is 1. The fourth-order valence-corrected chi connectivity index (χ4v) is 1.04. The van der Waals surface area contributed by atoms with Gasteiger partial charge in [-0.05, 0) is 25.1 Å². The molecule has 0 aromatic heterocycles. The Kier molecular flexibility index (Phi) is 4.41. The highest BCUT2D eigenvalue weighted by molar-refractivity contribution is 5.95. The van der Waals surface area contributed by atoms with Gasteiger partial charge in [-0.1, -0.05) is 0 Å². The van der Waals surface area contributed by atoms with Crippen LogP contribution in [0.3, 0.4) is 0 Å². The van der Waals surface area contributed by atoms with E-state index in [9.17, 15) is 14.0 Å². The standard InChI is InChI=1S/C10H11FN2O4/c1-2-16-10(15)17-9(14)6-3-4-8(13-12)7(11)5-6/h3-5,13H,2,12H2,1H3. The van der Waals surface area contributed by atoms with Crippen molar-refractivity contribution in [1.82, 2.24) is 0 Å². The van der Waals surface area contributed by atoms with Crippen molar-refractivity contribution in [2.24, 2.45) is 5.84 Å². The molecule has 0 bridgehead atoms. The molecule has 92 valence electrons. The maximum atomic E-state index is 13.2. The Balaban J connectivity index is 2.76. The van der Waals surface area contributed by atoms with Crippen LogP contribution < -0.4 is 11.3 Å². The lowest BCUT2D eigenvalue weighted by Gasteiger charge is -2.05. The van der Waals surface area contributed by atoms with E-state index < -0.39 is 17.9 Å². The van der Waals surface area contributed by atoms with Gasteiger partial charge in [0.1, 0.15) is 5.82 Å². The van der Waals surface area contributed by atoms with E-state index in [0.717, 1.165) is 6.07 Å². The molecule has 1 rings (SSSR count). The normalized spacial score (nSPS) is 9.59. The summed E-state index contributed by atoms with van der Waals surface area (Å²) in [5.74, 6) is 3.29. The molecule has 1 aromatic rings. The number of nitrogens with one attached hydrogen (secondary N) is 1. The lowest BCUT2D eigenvalue weighted by atomic mass is 10.2. The van der Waals surface area contributed by atoms with Crippen LogP contribution in [0.1, 0.15) is 17.3 Å². The van der Waals surface area contributed by atoms with E-state index >= 15 is 0 Å². The summed E-state index contributed by atoms with van der Waals surface area (Å²) in [6.45, 7) is 1.64. The van der Waals surface area contributed by atoms with Gasteiger partial charge in [0.05, 0.1) is 17.9 Å². The van der Waals surface area contributed by atoms with Crippen molar-refractivity contribution < 1.29 is 23.5 Å². The van der Waals surface area contributed by atoms with E-state index in [1.165, 1.54) is 12.1 Å². The second-order valence-corrected chi connectivity index (χ2v) is 2.91. The third kappa shape index (κ3) is 3.42. The number of nitrogen functional groups attached to an aromatic ring is 1. The monoisotopic (exact) mass is 242 g/mol. The highest BCUT2D eigenvalue weighted by Crippen LogP contribution is 2.15. The van der Waals surface area contributed by atoms with E-state index in [0.29, 0.717) is 0 Å². The highest BCUT2D eigenvalue weighted by Gasteiger charge is 2.15. The molecule has 1 aromatic carbocycles. The van der Waals surface area contributed by atoms with Gasteiger partial charge in [-0.25, -0.2) is 14.0 Å². The number of esters is 1. The number of rotatable bonds is 3. The molecule has 0 aliphatic rings. The number of carbonyl (C=O) groups excluding carboxylic acids is 2. The van der Waals surface area contributed by atoms with Crippen molar-refractivity contribution in [2.45, 2.75) is 6.92 Å². The van der Waals surface area contributed by atoms with E-state index in [4.69, 9.17) is 5.84 Å². The molecule has 17 heavy (non-hydrogen) atoms. The highest BCUT2D eigenvalue weighted by atomic mass is 19.1. The zero-order chi connectivity index (χ0) is 12.8. The van der Waals surface area contributed by atoms with Crippen LogP contribution in [0.4, 0.5) is 14.9 Å². The lowest BCUT2D eigenvalue weighted by molar-refractivity contribution is 0.0401. The summed E-state index contributed by atoms with van der Waals surface area (Å²) < 4.78 is 21.9. The molecule has 0 aliphatic heterocycles. The topological polar surface area (TPSA) is 90.6 Å². The van der Waals surface area contributed by atoms with Gasteiger partial charge in [-0.15, -0.1) is 0 Å². The van der Waals surface area contributed by atoms with Crippen molar-refractivity contribution in [2.75, 3.05) is 12.0 Å². The molecule has 0 unspecified atom stereocenters. The number of ether oxygens (including phenoxy) is 2. The van der Waals surface area contributed by atoms with Crippen molar-refractivity contribution >= 4 is 17.8 Å². The van der Waals surface area contributed by atoms with Gasteiger partial charge in [-0.3, -0.25) is 5.84 Å². The van der Waals surface area contributed by atoms with Gasteiger partial charge < -0.3 is 14.9 Å². The van der Waals surface area contributed by atoms with Crippen molar-refractivity contribution in [1.29, 1.82) is 0 Å². The summed E-state index contributed by atoms with van der Waals surface area (Å²) in [4.78, 5) is 22.2. The number of benzene rings is 1. The first-order valence-electron chi connectivity index (χ1n) is 4.73. The average Bonchev–Trinajstić information content (AvgIpc) is 2.29. The fourth-order valence-electron chi connectivity index (χ4n) is 1.04. The van der Waals surface area contributed by atoms with Gasteiger partial charge in [-0.2, -0.15) is 0 Å². The Morgan fingerprint density at radius 3 is 2.71 bits per heavy atom. The Labute approximate surface area is 96.5 Å². The average molecular weight is 242 g/mol. The second-order valence-electron chi connectivity index (χ2n) is 2.91. The fraction of sp³-hybridized carbons (Fsp3) is 0.200. The van der Waals surface area contributed by atoms with Crippen molar-refractivity contribution in [3.8, 4) is 0 Å². The smallest absolute Gasteiger partial charge is 0.434 e. The van der Waals surface area contributed by atoms with E-state index in [1.807, 2.05) is 0 Å². The van der Waals surface area contributed by atoms with Gasteiger partial charge in [0.2, 0.25) is 0 Å². The maximum absolute atomic E-state index is 13.2. The van der Waals surface area contributed by atoms with Crippen LogP contribution in [0, 0.1) is 5.82 Å². The largest absolute Gasteiger partial charge is 0.516 e. The zero-order valence-electron chi connectivity index (χ0n) is 9.03. The molecule has 6 nitrogen and oxygen atoms in total. The molecule has 0 saturated heterocycles. The first-order valence-corrected chi connectivity index (χ1v) is 4.73. The summed E-state index contributed by atoms with van der Waals surface area (Å²) in [7, 11) is 0. The van der Waals surface area contributed by atoms with Crippen molar-refractivity contribution in [3.05, 3.63) is 29.6 Å². The molecule has 0 fully saturated rings. The van der Waals surface area contributed by atoms with Crippen LogP contribution in [0.25, 0.3) is 0 Å². The number of nitrogens with two attached hydrogens (primary N) is 1.